The van der Waals surface area contributed by atoms with E-state index in [-0.39, 0.29) is 11.3 Å². The van der Waals surface area contributed by atoms with E-state index in [1.165, 1.54) is 5.56 Å². The Morgan fingerprint density at radius 1 is 1.07 bits per heavy atom. The summed E-state index contributed by atoms with van der Waals surface area (Å²) in [5, 5.41) is 2.93. The Labute approximate surface area is 174 Å². The molecule has 0 aliphatic rings. The standard InChI is InChI=1S/C24H23N3O3/c1-24(2,3)17-10-7-15(8-11-17)22(28)26-18-14-16(9-12-19(18)29-4)23-27-21-20(30-23)6-5-13-25-21/h5-14H,1-4H3,(H,26,28). The molecule has 152 valence electrons. The van der Waals surface area contributed by atoms with Crippen molar-refractivity contribution in [2.45, 2.75) is 26.2 Å². The van der Waals surface area contributed by atoms with Crippen LogP contribution >= 0.6 is 0 Å². The maximum atomic E-state index is 12.8. The van der Waals surface area contributed by atoms with E-state index in [2.05, 4.69) is 36.1 Å². The minimum absolute atomic E-state index is 0.0288. The lowest BCUT2D eigenvalue weighted by molar-refractivity contribution is 0.102. The minimum atomic E-state index is -0.217. The molecule has 0 unspecified atom stereocenters. The molecular formula is C24H23N3O3. The average molecular weight is 401 g/mol. The highest BCUT2D eigenvalue weighted by molar-refractivity contribution is 6.05. The van der Waals surface area contributed by atoms with Crippen LogP contribution in [0.1, 0.15) is 36.7 Å². The van der Waals surface area contributed by atoms with E-state index in [1.807, 2.05) is 36.4 Å². The Bertz CT molecular complexity index is 1170. The number of aromatic nitrogens is 2. The molecule has 2 aromatic carbocycles. The Hall–Kier alpha value is -3.67. The van der Waals surface area contributed by atoms with Gasteiger partial charge in [0.2, 0.25) is 5.89 Å². The van der Waals surface area contributed by atoms with E-state index in [1.54, 1.807) is 31.5 Å². The van der Waals surface area contributed by atoms with Crippen molar-refractivity contribution >= 4 is 22.8 Å². The van der Waals surface area contributed by atoms with Gasteiger partial charge in [-0.15, -0.1) is 0 Å². The molecule has 4 rings (SSSR count). The molecule has 6 heteroatoms. The highest BCUT2D eigenvalue weighted by Crippen LogP contribution is 2.32. The Morgan fingerprint density at radius 3 is 2.50 bits per heavy atom. The number of rotatable bonds is 4. The SMILES string of the molecule is COc1ccc(-c2nc3ncccc3o2)cc1NC(=O)c1ccc(C(C)(C)C)cc1. The number of methoxy groups -OCH3 is 1. The number of amides is 1. The molecule has 30 heavy (non-hydrogen) atoms. The summed E-state index contributed by atoms with van der Waals surface area (Å²) in [5.41, 5.74) is 4.16. The number of pyridine rings is 1. The Kier molecular flexibility index (Phi) is 4.99. The molecule has 0 fully saturated rings. The van der Waals surface area contributed by atoms with Crippen molar-refractivity contribution in [3.63, 3.8) is 0 Å². The Balaban J connectivity index is 1.63. The normalized spacial score (nSPS) is 11.5. The molecule has 4 aromatic rings. The number of nitrogens with one attached hydrogen (secondary N) is 1. The van der Waals surface area contributed by atoms with Gasteiger partial charge in [0.1, 0.15) is 5.75 Å². The predicted octanol–water partition coefficient (Wildman–Crippen LogP) is 5.45. The van der Waals surface area contributed by atoms with Crippen LogP contribution in [-0.4, -0.2) is 23.0 Å². The molecule has 0 atom stereocenters. The van der Waals surface area contributed by atoms with E-state index in [9.17, 15) is 4.79 Å². The predicted molar refractivity (Wildman–Crippen MR) is 117 cm³/mol. The molecule has 0 aliphatic heterocycles. The number of fused-ring (bicyclic) bond motifs is 1. The molecule has 0 aliphatic carbocycles. The first-order valence-electron chi connectivity index (χ1n) is 9.67. The highest BCUT2D eigenvalue weighted by atomic mass is 16.5. The second-order valence-electron chi connectivity index (χ2n) is 8.04. The number of carbonyl (C=O) groups excluding carboxylic acids is 1. The minimum Gasteiger partial charge on any atom is -0.495 e. The lowest BCUT2D eigenvalue weighted by atomic mass is 9.87. The van der Waals surface area contributed by atoms with E-state index in [4.69, 9.17) is 9.15 Å². The zero-order chi connectivity index (χ0) is 21.3. The first-order chi connectivity index (χ1) is 14.3. The van der Waals surface area contributed by atoms with Crippen LogP contribution in [-0.2, 0) is 5.41 Å². The lowest BCUT2D eigenvalue weighted by Gasteiger charge is -2.19. The summed E-state index contributed by atoms with van der Waals surface area (Å²) < 4.78 is 11.2. The fourth-order valence-corrected chi connectivity index (χ4v) is 3.15. The number of hydrogen-bond donors (Lipinski definition) is 1. The number of anilines is 1. The topological polar surface area (TPSA) is 77.2 Å². The molecule has 0 saturated heterocycles. The molecule has 2 heterocycles. The van der Waals surface area contributed by atoms with Crippen LogP contribution in [0.15, 0.2) is 65.2 Å². The van der Waals surface area contributed by atoms with Gasteiger partial charge in [-0.25, -0.2) is 4.98 Å². The molecular weight excluding hydrogens is 378 g/mol. The summed E-state index contributed by atoms with van der Waals surface area (Å²) in [6.45, 7) is 6.42. The lowest BCUT2D eigenvalue weighted by Crippen LogP contribution is -2.14. The smallest absolute Gasteiger partial charge is 0.255 e. The number of benzene rings is 2. The largest absolute Gasteiger partial charge is 0.495 e. The van der Waals surface area contributed by atoms with E-state index in [0.717, 1.165) is 0 Å². The third kappa shape index (κ3) is 3.89. The zero-order valence-corrected chi connectivity index (χ0v) is 17.4. The maximum absolute atomic E-state index is 12.8. The van der Waals surface area contributed by atoms with Crippen molar-refractivity contribution in [2.24, 2.45) is 0 Å². The van der Waals surface area contributed by atoms with Gasteiger partial charge in [0.15, 0.2) is 11.2 Å². The van der Waals surface area contributed by atoms with Gasteiger partial charge in [0.05, 0.1) is 12.8 Å². The molecule has 1 amide bonds. The van der Waals surface area contributed by atoms with Crippen LogP contribution in [0.25, 0.3) is 22.7 Å². The van der Waals surface area contributed by atoms with Crippen LogP contribution < -0.4 is 10.1 Å². The van der Waals surface area contributed by atoms with Gasteiger partial charge in [0.25, 0.3) is 5.91 Å². The number of nitrogens with zero attached hydrogens (tertiary/aromatic N) is 2. The van der Waals surface area contributed by atoms with Crippen molar-refractivity contribution < 1.29 is 13.9 Å². The van der Waals surface area contributed by atoms with Gasteiger partial charge in [-0.1, -0.05) is 32.9 Å². The van der Waals surface area contributed by atoms with Crippen molar-refractivity contribution in [3.8, 4) is 17.2 Å². The van der Waals surface area contributed by atoms with Gasteiger partial charge in [-0.2, -0.15) is 4.98 Å². The molecule has 0 spiro atoms. The van der Waals surface area contributed by atoms with Crippen molar-refractivity contribution in [3.05, 3.63) is 71.9 Å². The average Bonchev–Trinajstić information content (AvgIpc) is 3.17. The monoisotopic (exact) mass is 401 g/mol. The van der Waals surface area contributed by atoms with Crippen molar-refractivity contribution in [1.82, 2.24) is 9.97 Å². The summed E-state index contributed by atoms with van der Waals surface area (Å²) in [6, 6.07) is 16.6. The van der Waals surface area contributed by atoms with E-state index < -0.39 is 0 Å². The maximum Gasteiger partial charge on any atom is 0.255 e. The van der Waals surface area contributed by atoms with Crippen molar-refractivity contribution in [2.75, 3.05) is 12.4 Å². The highest BCUT2D eigenvalue weighted by Gasteiger charge is 2.16. The molecule has 2 aromatic heterocycles. The fourth-order valence-electron chi connectivity index (χ4n) is 3.15. The van der Waals surface area contributed by atoms with Crippen LogP contribution in [0.4, 0.5) is 5.69 Å². The third-order valence-electron chi connectivity index (χ3n) is 4.87. The first kappa shape index (κ1) is 19.6. The second-order valence-corrected chi connectivity index (χ2v) is 8.04. The van der Waals surface area contributed by atoms with Crippen molar-refractivity contribution in [1.29, 1.82) is 0 Å². The number of oxazole rings is 1. The van der Waals surface area contributed by atoms with Crippen LogP contribution in [0.5, 0.6) is 5.75 Å². The summed E-state index contributed by atoms with van der Waals surface area (Å²) in [5.74, 6) is 0.758. The van der Waals surface area contributed by atoms with Crippen LogP contribution in [0, 0.1) is 0 Å². The molecule has 0 bridgehead atoms. The van der Waals surface area contributed by atoms with Crippen LogP contribution in [0.2, 0.25) is 0 Å². The zero-order valence-electron chi connectivity index (χ0n) is 17.4. The second kappa shape index (κ2) is 7.63. The number of carbonyl (C=O) groups is 1. The number of ether oxygens (including phenoxy) is 1. The Morgan fingerprint density at radius 2 is 1.83 bits per heavy atom. The fraction of sp³-hybridized carbons (Fsp3) is 0.208. The quantitative estimate of drug-likeness (QED) is 0.492. The van der Waals surface area contributed by atoms with Gasteiger partial charge in [0, 0.05) is 17.3 Å². The van der Waals surface area contributed by atoms with Crippen LogP contribution in [0.3, 0.4) is 0 Å². The summed E-state index contributed by atoms with van der Waals surface area (Å²) in [7, 11) is 1.56. The summed E-state index contributed by atoms with van der Waals surface area (Å²) in [4.78, 5) is 21.4. The molecule has 0 saturated carbocycles. The first-order valence-corrected chi connectivity index (χ1v) is 9.67. The summed E-state index contributed by atoms with van der Waals surface area (Å²) >= 11 is 0. The van der Waals surface area contributed by atoms with Gasteiger partial charge in [-0.05, 0) is 53.4 Å². The molecule has 0 radical (unpaired) electrons. The van der Waals surface area contributed by atoms with Gasteiger partial charge < -0.3 is 14.5 Å². The molecule has 1 N–H and O–H groups in total. The number of hydrogen-bond acceptors (Lipinski definition) is 5. The van der Waals surface area contributed by atoms with E-state index >= 15 is 0 Å². The van der Waals surface area contributed by atoms with Gasteiger partial charge >= 0.3 is 0 Å². The van der Waals surface area contributed by atoms with E-state index in [0.29, 0.717) is 39.7 Å². The third-order valence-corrected chi connectivity index (χ3v) is 4.87. The summed E-state index contributed by atoms with van der Waals surface area (Å²) in [6.07, 6.45) is 1.67. The molecule has 6 nitrogen and oxygen atoms in total. The van der Waals surface area contributed by atoms with Gasteiger partial charge in [-0.3, -0.25) is 4.79 Å².